The topological polar surface area (TPSA) is 38.8 Å². The zero-order valence-electron chi connectivity index (χ0n) is 18.7. The number of esters is 1. The molecule has 0 bridgehead atoms. The van der Waals surface area contributed by atoms with Gasteiger partial charge in [-0.1, -0.05) is 12.1 Å². The van der Waals surface area contributed by atoms with Gasteiger partial charge in [0.2, 0.25) is 0 Å². The van der Waals surface area contributed by atoms with Gasteiger partial charge >= 0.3 is 18.3 Å². The molecule has 4 nitrogen and oxygen atoms in total. The van der Waals surface area contributed by atoms with Gasteiger partial charge in [-0.2, -0.15) is 26.3 Å². The van der Waals surface area contributed by atoms with E-state index in [9.17, 15) is 31.1 Å². The van der Waals surface area contributed by atoms with E-state index in [1.54, 1.807) is 6.07 Å². The summed E-state index contributed by atoms with van der Waals surface area (Å²) in [5.41, 5.74) is -0.524. The van der Waals surface area contributed by atoms with Gasteiger partial charge in [-0.25, -0.2) is 0 Å². The van der Waals surface area contributed by atoms with Gasteiger partial charge in [-0.3, -0.25) is 9.69 Å². The van der Waals surface area contributed by atoms with Crippen molar-refractivity contribution in [2.24, 2.45) is 5.92 Å². The molecule has 1 aliphatic rings. The second kappa shape index (κ2) is 10.2. The van der Waals surface area contributed by atoms with Crippen LogP contribution < -0.4 is 4.74 Å². The van der Waals surface area contributed by atoms with Gasteiger partial charge in [0.25, 0.3) is 0 Å². The number of methoxy groups -OCH3 is 2. The van der Waals surface area contributed by atoms with E-state index in [0.29, 0.717) is 37.2 Å². The van der Waals surface area contributed by atoms with Gasteiger partial charge in [-0.15, -0.1) is 0 Å². The molecule has 34 heavy (non-hydrogen) atoms. The van der Waals surface area contributed by atoms with Crippen LogP contribution in [0.4, 0.5) is 26.3 Å². The number of benzene rings is 2. The number of hydrogen-bond donors (Lipinski definition) is 0. The number of alkyl halides is 6. The Bertz CT molecular complexity index is 988. The van der Waals surface area contributed by atoms with Gasteiger partial charge < -0.3 is 9.47 Å². The maximum absolute atomic E-state index is 13.4. The van der Waals surface area contributed by atoms with Crippen LogP contribution >= 0.6 is 0 Å². The zero-order chi connectivity index (χ0) is 25.1. The minimum absolute atomic E-state index is 0.0780. The molecule has 186 valence electrons. The van der Waals surface area contributed by atoms with Crippen LogP contribution in [0.3, 0.4) is 0 Å². The zero-order valence-corrected chi connectivity index (χ0v) is 18.7. The molecule has 2 unspecified atom stereocenters. The molecule has 0 aromatic heterocycles. The fourth-order valence-corrected chi connectivity index (χ4v) is 4.34. The molecule has 10 heteroatoms. The Morgan fingerprint density at radius 2 is 1.59 bits per heavy atom. The molecule has 1 aliphatic heterocycles. The maximum Gasteiger partial charge on any atom is 0.416 e. The number of carbonyl (C=O) groups is 1. The number of likely N-dealkylation sites (tertiary alicyclic amines) is 1. The molecule has 2 aromatic rings. The van der Waals surface area contributed by atoms with Gasteiger partial charge in [-0.05, 0) is 59.7 Å². The molecule has 0 spiro atoms. The summed E-state index contributed by atoms with van der Waals surface area (Å²) in [6.45, 7) is 1.13. The number of hydrogen-bond acceptors (Lipinski definition) is 4. The van der Waals surface area contributed by atoms with Crippen molar-refractivity contribution in [2.75, 3.05) is 27.3 Å². The van der Waals surface area contributed by atoms with Crippen molar-refractivity contribution in [2.45, 2.75) is 37.7 Å². The second-order valence-electron chi connectivity index (χ2n) is 8.46. The molecular weight excluding hydrogens is 464 g/mol. The number of piperidine rings is 1. The molecule has 0 amide bonds. The lowest BCUT2D eigenvalue weighted by atomic mass is 9.82. The molecule has 0 saturated carbocycles. The van der Waals surface area contributed by atoms with Crippen molar-refractivity contribution in [1.82, 2.24) is 4.90 Å². The average Bonchev–Trinajstić information content (AvgIpc) is 2.77. The number of carbonyl (C=O) groups excluding carboxylic acids is 1. The van der Waals surface area contributed by atoms with Gasteiger partial charge in [0.05, 0.1) is 25.3 Å². The highest BCUT2D eigenvalue weighted by Crippen LogP contribution is 2.39. The number of halogens is 6. The first-order chi connectivity index (χ1) is 15.9. The first-order valence-corrected chi connectivity index (χ1v) is 10.6. The van der Waals surface area contributed by atoms with E-state index in [1.807, 2.05) is 4.90 Å². The summed E-state index contributed by atoms with van der Waals surface area (Å²) in [5, 5.41) is 0. The van der Waals surface area contributed by atoms with Crippen LogP contribution in [0.25, 0.3) is 0 Å². The van der Waals surface area contributed by atoms with Crippen molar-refractivity contribution >= 4 is 5.97 Å². The third kappa shape index (κ3) is 6.65. The fraction of sp³-hybridized carbons (Fsp3) is 0.458. The lowest BCUT2D eigenvalue weighted by Crippen LogP contribution is -2.40. The summed E-state index contributed by atoms with van der Waals surface area (Å²) in [6, 6.07) is 8.34. The summed E-state index contributed by atoms with van der Waals surface area (Å²) >= 11 is 0. The summed E-state index contributed by atoms with van der Waals surface area (Å²) in [5.74, 6) is -0.883. The fourth-order valence-electron chi connectivity index (χ4n) is 4.34. The molecule has 0 radical (unpaired) electrons. The van der Waals surface area contributed by atoms with E-state index in [4.69, 9.17) is 9.47 Å². The Hall–Kier alpha value is -2.75. The smallest absolute Gasteiger partial charge is 0.416 e. The van der Waals surface area contributed by atoms with Crippen LogP contribution in [0.5, 0.6) is 5.75 Å². The third-order valence-corrected chi connectivity index (χ3v) is 5.95. The number of nitrogens with zero attached hydrogens (tertiary/aromatic N) is 1. The average molecular weight is 489 g/mol. The SMILES string of the molecule is COC(=O)CC1CC(c2cc(OC)cc(C(F)(F)F)c2)CN(Cc2ccc(C(F)(F)F)cc2)C1. The van der Waals surface area contributed by atoms with Crippen LogP contribution in [-0.2, 0) is 28.4 Å². The lowest BCUT2D eigenvalue weighted by Gasteiger charge is -2.38. The number of ether oxygens (including phenoxy) is 2. The predicted molar refractivity (Wildman–Crippen MR) is 112 cm³/mol. The van der Waals surface area contributed by atoms with Gasteiger partial charge in [0.15, 0.2) is 0 Å². The Labute approximate surface area is 193 Å². The summed E-state index contributed by atoms with van der Waals surface area (Å²) in [6.07, 6.45) is -8.44. The Kier molecular flexibility index (Phi) is 7.80. The minimum atomic E-state index is -4.55. The lowest BCUT2D eigenvalue weighted by molar-refractivity contribution is -0.142. The summed E-state index contributed by atoms with van der Waals surface area (Å²) in [7, 11) is 2.55. The largest absolute Gasteiger partial charge is 0.497 e. The Morgan fingerprint density at radius 3 is 2.15 bits per heavy atom. The molecule has 0 N–H and O–H groups in total. The van der Waals surface area contributed by atoms with Crippen LogP contribution in [0.1, 0.15) is 41.0 Å². The Morgan fingerprint density at radius 1 is 0.941 bits per heavy atom. The van der Waals surface area contributed by atoms with Gasteiger partial charge in [0, 0.05) is 26.1 Å². The van der Waals surface area contributed by atoms with Crippen molar-refractivity contribution in [1.29, 1.82) is 0 Å². The summed E-state index contributed by atoms with van der Waals surface area (Å²) < 4.78 is 88.7. The molecule has 3 rings (SSSR count). The first-order valence-electron chi connectivity index (χ1n) is 10.6. The van der Waals surface area contributed by atoms with E-state index in [0.717, 1.165) is 24.3 Å². The molecule has 2 aromatic carbocycles. The molecule has 1 fully saturated rings. The monoisotopic (exact) mass is 489 g/mol. The van der Waals surface area contributed by atoms with Crippen molar-refractivity contribution in [3.05, 3.63) is 64.7 Å². The van der Waals surface area contributed by atoms with Crippen molar-refractivity contribution in [3.63, 3.8) is 0 Å². The highest BCUT2D eigenvalue weighted by Gasteiger charge is 2.35. The molecule has 2 atom stereocenters. The van der Waals surface area contributed by atoms with Crippen LogP contribution in [-0.4, -0.2) is 38.2 Å². The van der Waals surface area contributed by atoms with Gasteiger partial charge in [0.1, 0.15) is 5.75 Å². The highest BCUT2D eigenvalue weighted by molar-refractivity contribution is 5.69. The second-order valence-corrected chi connectivity index (χ2v) is 8.46. The third-order valence-electron chi connectivity index (χ3n) is 5.95. The van der Waals surface area contributed by atoms with E-state index in [-0.39, 0.29) is 24.0 Å². The predicted octanol–water partition coefficient (Wildman–Crippen LogP) is 5.90. The van der Waals surface area contributed by atoms with Crippen LogP contribution in [0.2, 0.25) is 0 Å². The highest BCUT2D eigenvalue weighted by atomic mass is 19.4. The number of rotatable bonds is 6. The molecular formula is C24H25F6NO3. The minimum Gasteiger partial charge on any atom is -0.497 e. The van der Waals surface area contributed by atoms with E-state index >= 15 is 0 Å². The van der Waals surface area contributed by atoms with E-state index in [2.05, 4.69) is 0 Å². The first kappa shape index (κ1) is 25.9. The molecule has 1 heterocycles. The van der Waals surface area contributed by atoms with E-state index in [1.165, 1.54) is 26.4 Å². The molecule has 0 aliphatic carbocycles. The van der Waals surface area contributed by atoms with E-state index < -0.39 is 29.4 Å². The molecule has 1 saturated heterocycles. The Balaban J connectivity index is 1.87. The standard InChI is InChI=1S/C24H25F6NO3/c1-33-21-10-17(9-20(11-21)24(28,29)30)18-7-16(8-22(32)34-2)13-31(14-18)12-15-3-5-19(6-4-15)23(25,26)27/h3-6,9-11,16,18H,7-8,12-14H2,1-2H3. The van der Waals surface area contributed by atoms with Crippen LogP contribution in [0, 0.1) is 5.92 Å². The quantitative estimate of drug-likeness (QED) is 0.374. The van der Waals surface area contributed by atoms with Crippen molar-refractivity contribution < 1.29 is 40.6 Å². The normalized spacial score (nSPS) is 19.6. The maximum atomic E-state index is 13.4. The van der Waals surface area contributed by atoms with Crippen molar-refractivity contribution in [3.8, 4) is 5.75 Å². The summed E-state index contributed by atoms with van der Waals surface area (Å²) in [4.78, 5) is 13.8. The van der Waals surface area contributed by atoms with Crippen LogP contribution in [0.15, 0.2) is 42.5 Å².